The van der Waals surface area contributed by atoms with E-state index >= 15 is 0 Å². The molecule has 0 saturated carbocycles. The van der Waals surface area contributed by atoms with Gasteiger partial charge in [0.1, 0.15) is 5.03 Å². The van der Waals surface area contributed by atoms with Crippen molar-refractivity contribution in [3.05, 3.63) is 106 Å². The van der Waals surface area contributed by atoms with Gasteiger partial charge < -0.3 is 4.74 Å². The summed E-state index contributed by atoms with van der Waals surface area (Å²) >= 11 is 1.57. The minimum absolute atomic E-state index is 0.271. The SMILES string of the molecule is Cc1ccc(Sc2nc3c(C)cccc3cc2C=C2N=C(c3ccccc3C)OC2=O)cc1. The summed E-state index contributed by atoms with van der Waals surface area (Å²) in [6.45, 7) is 6.10. The highest BCUT2D eigenvalue weighted by Gasteiger charge is 2.25. The van der Waals surface area contributed by atoms with E-state index in [0.717, 1.165) is 43.1 Å². The first-order chi connectivity index (χ1) is 16.0. The van der Waals surface area contributed by atoms with Gasteiger partial charge in [0.05, 0.1) is 5.52 Å². The Kier molecular flexibility index (Phi) is 5.56. The molecule has 0 N–H and O–H groups in total. The van der Waals surface area contributed by atoms with Crippen molar-refractivity contribution in [2.24, 2.45) is 4.99 Å². The Labute approximate surface area is 197 Å². The predicted octanol–water partition coefficient (Wildman–Crippen LogP) is 6.66. The number of hydrogen-bond donors (Lipinski definition) is 0. The van der Waals surface area contributed by atoms with Gasteiger partial charge in [-0.05, 0) is 62.2 Å². The molecule has 33 heavy (non-hydrogen) atoms. The number of rotatable bonds is 4. The highest BCUT2D eigenvalue weighted by molar-refractivity contribution is 7.99. The van der Waals surface area contributed by atoms with Crippen molar-refractivity contribution < 1.29 is 9.53 Å². The van der Waals surface area contributed by atoms with Crippen LogP contribution >= 0.6 is 11.8 Å². The van der Waals surface area contributed by atoms with Crippen LogP contribution in [0, 0.1) is 20.8 Å². The Hall–Kier alpha value is -3.70. The number of hydrogen-bond acceptors (Lipinski definition) is 5. The van der Waals surface area contributed by atoms with Crippen LogP contribution in [0.3, 0.4) is 0 Å². The second kappa shape index (κ2) is 8.68. The van der Waals surface area contributed by atoms with Crippen molar-refractivity contribution in [2.45, 2.75) is 30.7 Å². The molecule has 0 bridgehead atoms. The van der Waals surface area contributed by atoms with Crippen LogP contribution in [0.4, 0.5) is 0 Å². The number of aliphatic imine (C=N–C) groups is 1. The maximum atomic E-state index is 12.7. The van der Waals surface area contributed by atoms with Gasteiger partial charge in [0.2, 0.25) is 5.90 Å². The molecule has 1 aliphatic rings. The Morgan fingerprint density at radius 3 is 2.42 bits per heavy atom. The fourth-order valence-corrected chi connectivity index (χ4v) is 4.60. The lowest BCUT2D eigenvalue weighted by Crippen LogP contribution is -2.06. The highest BCUT2D eigenvalue weighted by atomic mass is 32.2. The fourth-order valence-electron chi connectivity index (χ4n) is 3.73. The first-order valence-corrected chi connectivity index (χ1v) is 11.5. The summed E-state index contributed by atoms with van der Waals surface area (Å²) in [7, 11) is 0. The van der Waals surface area contributed by atoms with Gasteiger partial charge >= 0.3 is 5.97 Å². The summed E-state index contributed by atoms with van der Waals surface area (Å²) < 4.78 is 5.51. The molecule has 3 aromatic carbocycles. The van der Waals surface area contributed by atoms with E-state index in [1.807, 2.05) is 43.3 Å². The van der Waals surface area contributed by atoms with Crippen LogP contribution in [0.25, 0.3) is 17.0 Å². The lowest BCUT2D eigenvalue weighted by molar-refractivity contribution is -0.129. The normalized spacial score (nSPS) is 14.6. The molecule has 0 atom stereocenters. The van der Waals surface area contributed by atoms with E-state index in [0.29, 0.717) is 5.90 Å². The first-order valence-electron chi connectivity index (χ1n) is 10.7. The number of pyridine rings is 1. The summed E-state index contributed by atoms with van der Waals surface area (Å²) in [6, 6.07) is 24.2. The Morgan fingerprint density at radius 1 is 0.879 bits per heavy atom. The molecule has 0 radical (unpaired) electrons. The van der Waals surface area contributed by atoms with Crippen molar-refractivity contribution in [3.63, 3.8) is 0 Å². The third-order valence-electron chi connectivity index (χ3n) is 5.56. The predicted molar refractivity (Wildman–Crippen MR) is 134 cm³/mol. The van der Waals surface area contributed by atoms with E-state index in [2.05, 4.69) is 55.2 Å². The second-order valence-corrected chi connectivity index (χ2v) is 9.16. The number of fused-ring (bicyclic) bond motifs is 1. The van der Waals surface area contributed by atoms with Gasteiger partial charge in [0.25, 0.3) is 0 Å². The standard InChI is InChI=1S/C28H22N2O2S/c1-17-11-13-22(14-12-17)33-27-21(15-20-9-6-8-19(3)25(20)30-27)16-24-28(31)32-26(29-24)23-10-5-4-7-18(23)2/h4-16H,1-3H3. The molecule has 5 heteroatoms. The molecular weight excluding hydrogens is 428 g/mol. The van der Waals surface area contributed by atoms with Gasteiger partial charge in [0.15, 0.2) is 5.70 Å². The molecule has 0 spiro atoms. The van der Waals surface area contributed by atoms with Crippen LogP contribution in [0.15, 0.2) is 93.4 Å². The largest absolute Gasteiger partial charge is 0.402 e. The molecule has 4 aromatic rings. The summed E-state index contributed by atoms with van der Waals surface area (Å²) in [5.41, 5.74) is 6.19. The van der Waals surface area contributed by atoms with E-state index in [-0.39, 0.29) is 5.70 Å². The number of ether oxygens (including phenoxy) is 1. The van der Waals surface area contributed by atoms with Crippen molar-refractivity contribution in [3.8, 4) is 0 Å². The number of nitrogens with zero attached hydrogens (tertiary/aromatic N) is 2. The summed E-state index contributed by atoms with van der Waals surface area (Å²) in [4.78, 5) is 23.2. The van der Waals surface area contributed by atoms with Gasteiger partial charge in [0, 0.05) is 21.4 Å². The van der Waals surface area contributed by atoms with Gasteiger partial charge in [-0.2, -0.15) is 0 Å². The lowest BCUT2D eigenvalue weighted by Gasteiger charge is -2.10. The topological polar surface area (TPSA) is 51.6 Å². The zero-order chi connectivity index (χ0) is 22.9. The molecule has 0 saturated heterocycles. The molecule has 1 aliphatic heterocycles. The van der Waals surface area contributed by atoms with Crippen LogP contribution in [-0.2, 0) is 9.53 Å². The Morgan fingerprint density at radius 2 is 1.64 bits per heavy atom. The molecule has 162 valence electrons. The van der Waals surface area contributed by atoms with E-state index in [4.69, 9.17) is 9.72 Å². The third kappa shape index (κ3) is 4.32. The maximum Gasteiger partial charge on any atom is 0.363 e. The third-order valence-corrected chi connectivity index (χ3v) is 6.59. The molecule has 0 unspecified atom stereocenters. The molecule has 2 heterocycles. The number of carbonyl (C=O) groups excluding carboxylic acids is 1. The Balaban J connectivity index is 1.61. The van der Waals surface area contributed by atoms with Gasteiger partial charge in [-0.3, -0.25) is 0 Å². The average molecular weight is 451 g/mol. The molecule has 0 fully saturated rings. The fraction of sp³-hybridized carbons (Fsp3) is 0.107. The highest BCUT2D eigenvalue weighted by Crippen LogP contribution is 2.34. The molecule has 1 aromatic heterocycles. The quantitative estimate of drug-likeness (QED) is 0.258. The number of carbonyl (C=O) groups is 1. The van der Waals surface area contributed by atoms with E-state index in [9.17, 15) is 4.79 Å². The number of cyclic esters (lactones) is 1. The van der Waals surface area contributed by atoms with Crippen LogP contribution in [-0.4, -0.2) is 16.9 Å². The molecule has 5 rings (SSSR count). The maximum absolute atomic E-state index is 12.7. The average Bonchev–Trinajstić information content (AvgIpc) is 3.16. The van der Waals surface area contributed by atoms with Crippen LogP contribution < -0.4 is 0 Å². The monoisotopic (exact) mass is 450 g/mol. The van der Waals surface area contributed by atoms with Gasteiger partial charge in [-0.25, -0.2) is 14.8 Å². The van der Waals surface area contributed by atoms with Crippen LogP contribution in [0.5, 0.6) is 0 Å². The number of para-hydroxylation sites is 1. The van der Waals surface area contributed by atoms with Gasteiger partial charge in [-0.15, -0.1) is 0 Å². The van der Waals surface area contributed by atoms with E-state index < -0.39 is 5.97 Å². The van der Waals surface area contributed by atoms with Crippen LogP contribution in [0.1, 0.15) is 27.8 Å². The molecule has 4 nitrogen and oxygen atoms in total. The minimum atomic E-state index is -0.455. The summed E-state index contributed by atoms with van der Waals surface area (Å²) in [5.74, 6) is -0.120. The Bertz CT molecular complexity index is 1450. The summed E-state index contributed by atoms with van der Waals surface area (Å²) in [6.07, 6.45) is 1.78. The van der Waals surface area contributed by atoms with Crippen LogP contribution in [0.2, 0.25) is 0 Å². The number of aromatic nitrogens is 1. The smallest absolute Gasteiger partial charge is 0.363 e. The first kappa shape index (κ1) is 21.2. The van der Waals surface area contributed by atoms with E-state index in [1.165, 1.54) is 5.56 Å². The molecule has 0 amide bonds. The number of esters is 1. The lowest BCUT2D eigenvalue weighted by atomic mass is 10.1. The summed E-state index contributed by atoms with van der Waals surface area (Å²) in [5, 5.41) is 1.84. The van der Waals surface area contributed by atoms with Crippen molar-refractivity contribution in [2.75, 3.05) is 0 Å². The van der Waals surface area contributed by atoms with Crippen molar-refractivity contribution in [1.82, 2.24) is 4.98 Å². The number of benzene rings is 3. The minimum Gasteiger partial charge on any atom is -0.402 e. The molecule has 0 aliphatic carbocycles. The zero-order valence-electron chi connectivity index (χ0n) is 18.6. The molecular formula is C28H22N2O2S. The zero-order valence-corrected chi connectivity index (χ0v) is 19.4. The van der Waals surface area contributed by atoms with Crippen molar-refractivity contribution >= 4 is 40.6 Å². The van der Waals surface area contributed by atoms with Gasteiger partial charge in [-0.1, -0.05) is 65.9 Å². The number of aryl methyl sites for hydroxylation is 3. The van der Waals surface area contributed by atoms with Crippen molar-refractivity contribution in [1.29, 1.82) is 0 Å². The second-order valence-electron chi connectivity index (χ2n) is 8.10. The van der Waals surface area contributed by atoms with E-state index in [1.54, 1.807) is 17.8 Å².